The fourth-order valence-electron chi connectivity index (χ4n) is 6.76. The van der Waals surface area contributed by atoms with E-state index in [4.69, 9.17) is 0 Å². The van der Waals surface area contributed by atoms with Crippen LogP contribution in [-0.4, -0.2) is 40.0 Å². The fraction of sp³-hybridized carbons (Fsp3) is 0.850. The Morgan fingerprint density at radius 1 is 1.19 bits per heavy atom. The number of nitrogens with zero attached hydrogens (tertiary/aromatic N) is 3. The number of carbonyl (C=O) groups is 1. The van der Waals surface area contributed by atoms with E-state index in [9.17, 15) is 4.79 Å². The monoisotopic (exact) mass is 357 g/mol. The van der Waals surface area contributed by atoms with Crippen LogP contribution in [-0.2, 0) is 0 Å². The Kier molecular flexibility index (Phi) is 4.07. The Morgan fingerprint density at radius 3 is 2.42 bits per heavy atom. The van der Waals surface area contributed by atoms with Crippen LogP contribution in [0.3, 0.4) is 0 Å². The summed E-state index contributed by atoms with van der Waals surface area (Å²) in [6.07, 6.45) is 12.2. The molecular formula is C20H31N5O. The van der Waals surface area contributed by atoms with Gasteiger partial charge in [-0.1, -0.05) is 5.21 Å². The highest BCUT2D eigenvalue weighted by atomic mass is 16.2. The zero-order valence-corrected chi connectivity index (χ0v) is 15.8. The molecule has 1 aliphatic heterocycles. The summed E-state index contributed by atoms with van der Waals surface area (Å²) in [4.78, 5) is 12.8. The van der Waals surface area contributed by atoms with Crippen LogP contribution in [0.1, 0.15) is 74.8 Å². The van der Waals surface area contributed by atoms with Gasteiger partial charge in [-0.2, -0.15) is 0 Å². The molecule has 6 rings (SSSR count). The lowest BCUT2D eigenvalue weighted by Gasteiger charge is -2.59. The maximum Gasteiger partial charge on any atom is 0.273 e. The lowest BCUT2D eigenvalue weighted by molar-refractivity contribution is -0.0688. The van der Waals surface area contributed by atoms with Gasteiger partial charge in [0.05, 0.1) is 12.2 Å². The van der Waals surface area contributed by atoms with Gasteiger partial charge in [0.25, 0.3) is 5.91 Å². The van der Waals surface area contributed by atoms with E-state index in [2.05, 4.69) is 27.9 Å². The van der Waals surface area contributed by atoms with Gasteiger partial charge in [0.2, 0.25) is 0 Å². The van der Waals surface area contributed by atoms with Crippen LogP contribution in [0.5, 0.6) is 0 Å². The van der Waals surface area contributed by atoms with Crippen molar-refractivity contribution in [3.63, 3.8) is 0 Å². The molecule has 4 saturated carbocycles. The standard InChI is InChI=1S/C20H31N5O/c1-13(20-9-14-6-15(10-20)8-16(7-14)11-20)22-19(26)18-12-25(24-23-18)17-2-4-21-5-3-17/h12-17,21H,2-11H2,1H3,(H,22,26). The third kappa shape index (κ3) is 2.86. The van der Waals surface area contributed by atoms with Crippen molar-refractivity contribution in [1.29, 1.82) is 0 Å². The first-order chi connectivity index (χ1) is 12.6. The summed E-state index contributed by atoms with van der Waals surface area (Å²) in [7, 11) is 0. The van der Waals surface area contributed by atoms with E-state index in [-0.39, 0.29) is 11.9 Å². The summed E-state index contributed by atoms with van der Waals surface area (Å²) in [5, 5.41) is 15.1. The predicted molar refractivity (Wildman–Crippen MR) is 98.7 cm³/mol. The van der Waals surface area contributed by atoms with Gasteiger partial charge >= 0.3 is 0 Å². The van der Waals surface area contributed by atoms with Gasteiger partial charge in [-0.25, -0.2) is 4.68 Å². The first kappa shape index (κ1) is 16.7. The Hall–Kier alpha value is -1.43. The SMILES string of the molecule is CC(NC(=O)c1cn(C2CCNCC2)nn1)C12CC3CC(CC(C3)C1)C2. The van der Waals surface area contributed by atoms with Crippen LogP contribution in [0.15, 0.2) is 6.20 Å². The quantitative estimate of drug-likeness (QED) is 0.869. The van der Waals surface area contributed by atoms with Gasteiger partial charge < -0.3 is 10.6 Å². The highest BCUT2D eigenvalue weighted by molar-refractivity contribution is 5.92. The van der Waals surface area contributed by atoms with Crippen molar-refractivity contribution in [3.8, 4) is 0 Å². The zero-order valence-electron chi connectivity index (χ0n) is 15.8. The molecule has 0 spiro atoms. The number of aromatic nitrogens is 3. The molecule has 5 fully saturated rings. The molecule has 0 aromatic carbocycles. The maximum atomic E-state index is 12.8. The Balaban J connectivity index is 1.26. The first-order valence-corrected chi connectivity index (χ1v) is 10.5. The molecule has 4 bridgehead atoms. The molecule has 26 heavy (non-hydrogen) atoms. The maximum absolute atomic E-state index is 12.8. The molecule has 6 heteroatoms. The molecular weight excluding hydrogens is 326 g/mol. The summed E-state index contributed by atoms with van der Waals surface area (Å²) in [5.41, 5.74) is 0.801. The first-order valence-electron chi connectivity index (χ1n) is 10.5. The van der Waals surface area contributed by atoms with Crippen molar-refractivity contribution < 1.29 is 4.79 Å². The third-order valence-corrected chi connectivity index (χ3v) is 7.78. The number of amides is 1. The van der Waals surface area contributed by atoms with Gasteiger partial charge in [-0.3, -0.25) is 4.79 Å². The van der Waals surface area contributed by atoms with Crippen molar-refractivity contribution in [1.82, 2.24) is 25.6 Å². The molecule has 1 aromatic heterocycles. The van der Waals surface area contributed by atoms with Crippen molar-refractivity contribution in [2.75, 3.05) is 13.1 Å². The van der Waals surface area contributed by atoms with E-state index in [1.165, 1.54) is 38.5 Å². The number of nitrogens with one attached hydrogen (secondary N) is 2. The number of hydrogen-bond donors (Lipinski definition) is 2. The minimum Gasteiger partial charge on any atom is -0.348 e. The Morgan fingerprint density at radius 2 is 1.81 bits per heavy atom. The number of rotatable bonds is 4. The number of piperidine rings is 1. The van der Waals surface area contributed by atoms with E-state index >= 15 is 0 Å². The van der Waals surface area contributed by atoms with Crippen molar-refractivity contribution in [3.05, 3.63) is 11.9 Å². The van der Waals surface area contributed by atoms with Crippen LogP contribution in [0.4, 0.5) is 0 Å². The lowest BCUT2D eigenvalue weighted by atomic mass is 9.48. The molecule has 0 radical (unpaired) electrons. The Bertz CT molecular complexity index is 642. The molecule has 1 atom stereocenters. The third-order valence-electron chi connectivity index (χ3n) is 7.78. The van der Waals surface area contributed by atoms with Gasteiger partial charge in [0.1, 0.15) is 0 Å². The van der Waals surface area contributed by atoms with Crippen molar-refractivity contribution in [2.45, 2.75) is 70.4 Å². The fourth-order valence-corrected chi connectivity index (χ4v) is 6.76. The van der Waals surface area contributed by atoms with Crippen LogP contribution >= 0.6 is 0 Å². The summed E-state index contributed by atoms with van der Waals surface area (Å²) >= 11 is 0. The topological polar surface area (TPSA) is 71.8 Å². The highest BCUT2D eigenvalue weighted by Gasteiger charge is 2.53. The van der Waals surface area contributed by atoms with Gasteiger partial charge in [-0.15, -0.1) is 5.10 Å². The van der Waals surface area contributed by atoms with E-state index in [1.54, 1.807) is 0 Å². The average Bonchev–Trinajstić information content (AvgIpc) is 3.11. The van der Waals surface area contributed by atoms with E-state index in [0.717, 1.165) is 43.7 Å². The zero-order chi connectivity index (χ0) is 17.7. The molecule has 4 aliphatic carbocycles. The van der Waals surface area contributed by atoms with Crippen LogP contribution in [0.25, 0.3) is 0 Å². The van der Waals surface area contributed by atoms with Crippen LogP contribution in [0, 0.1) is 23.2 Å². The predicted octanol–water partition coefficient (Wildman–Crippen LogP) is 2.54. The van der Waals surface area contributed by atoms with Gasteiger partial charge in [0.15, 0.2) is 5.69 Å². The van der Waals surface area contributed by atoms with Crippen molar-refractivity contribution >= 4 is 5.91 Å². The normalized spacial score (nSPS) is 37.7. The minimum atomic E-state index is -0.0478. The van der Waals surface area contributed by atoms with E-state index in [0.29, 0.717) is 17.2 Å². The van der Waals surface area contributed by atoms with E-state index < -0.39 is 0 Å². The molecule has 2 heterocycles. The molecule has 1 amide bonds. The number of carbonyl (C=O) groups excluding carboxylic acids is 1. The lowest BCUT2D eigenvalue weighted by Crippen LogP contribution is -2.55. The molecule has 1 unspecified atom stereocenters. The largest absolute Gasteiger partial charge is 0.348 e. The van der Waals surface area contributed by atoms with Gasteiger partial charge in [-0.05, 0) is 94.5 Å². The minimum absolute atomic E-state index is 0.0478. The molecule has 142 valence electrons. The number of hydrogen-bond acceptors (Lipinski definition) is 4. The molecule has 1 saturated heterocycles. The van der Waals surface area contributed by atoms with Crippen molar-refractivity contribution in [2.24, 2.45) is 23.2 Å². The Labute approximate surface area is 155 Å². The molecule has 5 aliphatic rings. The second-order valence-corrected chi connectivity index (χ2v) is 9.54. The molecule has 6 nitrogen and oxygen atoms in total. The van der Waals surface area contributed by atoms with Crippen LogP contribution < -0.4 is 10.6 Å². The molecule has 2 N–H and O–H groups in total. The second-order valence-electron chi connectivity index (χ2n) is 9.54. The summed E-state index contributed by atoms with van der Waals surface area (Å²) in [6.45, 7) is 4.24. The smallest absolute Gasteiger partial charge is 0.273 e. The van der Waals surface area contributed by atoms with Crippen LogP contribution in [0.2, 0.25) is 0 Å². The summed E-state index contributed by atoms with van der Waals surface area (Å²) in [6, 6.07) is 0.596. The van der Waals surface area contributed by atoms with E-state index in [1.807, 2.05) is 10.9 Å². The van der Waals surface area contributed by atoms with Gasteiger partial charge in [0, 0.05) is 6.04 Å². The molecule has 1 aromatic rings. The highest BCUT2D eigenvalue weighted by Crippen LogP contribution is 2.61. The summed E-state index contributed by atoms with van der Waals surface area (Å²) in [5.74, 6) is 2.66. The average molecular weight is 358 g/mol. The second kappa shape index (κ2) is 6.32. The summed E-state index contributed by atoms with van der Waals surface area (Å²) < 4.78 is 1.89.